The van der Waals surface area contributed by atoms with Crippen LogP contribution in [0.3, 0.4) is 0 Å². The Morgan fingerprint density at radius 1 is 1.00 bits per heavy atom. The Hall–Kier alpha value is -0.0800. The lowest BCUT2D eigenvalue weighted by molar-refractivity contribution is 0.188. The van der Waals surface area contributed by atoms with Crippen molar-refractivity contribution in [2.24, 2.45) is 5.92 Å². The number of nitrogens with zero attached hydrogens (tertiary/aromatic N) is 1. The van der Waals surface area contributed by atoms with Crippen LogP contribution in [0.2, 0.25) is 0 Å². The van der Waals surface area contributed by atoms with Crippen LogP contribution in [0.15, 0.2) is 0 Å². The monoisotopic (exact) mass is 228 g/mol. The minimum absolute atomic E-state index is 0.646. The molecular formula is C14H32N2. The molecule has 0 radical (unpaired) electrons. The summed E-state index contributed by atoms with van der Waals surface area (Å²) < 4.78 is 0. The van der Waals surface area contributed by atoms with Crippen LogP contribution >= 0.6 is 0 Å². The van der Waals surface area contributed by atoms with Crippen LogP contribution in [0.4, 0.5) is 0 Å². The SMILES string of the molecule is CCC(CC)NCC(C)N(CC)CC(C)C. The quantitative estimate of drug-likeness (QED) is 0.652. The fourth-order valence-electron chi connectivity index (χ4n) is 2.13. The standard InChI is InChI=1S/C14H32N2/c1-7-14(8-2)15-10-13(6)16(9-3)11-12(4)5/h12-15H,7-11H2,1-6H3. The van der Waals surface area contributed by atoms with E-state index in [9.17, 15) is 0 Å². The molecule has 0 spiro atoms. The van der Waals surface area contributed by atoms with Crippen LogP contribution in [0.1, 0.15) is 54.4 Å². The molecule has 0 fully saturated rings. The van der Waals surface area contributed by atoms with Gasteiger partial charge in [-0.1, -0.05) is 34.6 Å². The van der Waals surface area contributed by atoms with Crippen LogP contribution < -0.4 is 5.32 Å². The highest BCUT2D eigenvalue weighted by atomic mass is 15.2. The molecule has 0 aliphatic rings. The van der Waals surface area contributed by atoms with Gasteiger partial charge in [0, 0.05) is 25.2 Å². The third-order valence-electron chi connectivity index (χ3n) is 3.32. The van der Waals surface area contributed by atoms with Gasteiger partial charge in [-0.15, -0.1) is 0 Å². The summed E-state index contributed by atoms with van der Waals surface area (Å²) in [5.74, 6) is 0.760. The van der Waals surface area contributed by atoms with E-state index in [0.29, 0.717) is 12.1 Å². The zero-order valence-corrected chi connectivity index (χ0v) is 12.2. The Morgan fingerprint density at radius 3 is 1.94 bits per heavy atom. The van der Waals surface area contributed by atoms with Crippen molar-refractivity contribution < 1.29 is 0 Å². The summed E-state index contributed by atoms with van der Waals surface area (Å²) in [5, 5.41) is 3.67. The van der Waals surface area contributed by atoms with Gasteiger partial charge in [-0.3, -0.25) is 4.90 Å². The van der Waals surface area contributed by atoms with Crippen LogP contribution in [-0.2, 0) is 0 Å². The molecule has 16 heavy (non-hydrogen) atoms. The Kier molecular flexibility index (Phi) is 8.96. The summed E-state index contributed by atoms with van der Waals surface area (Å²) in [5.41, 5.74) is 0. The number of likely N-dealkylation sites (N-methyl/N-ethyl adjacent to an activating group) is 1. The van der Waals surface area contributed by atoms with E-state index in [4.69, 9.17) is 0 Å². The molecule has 0 aromatic rings. The topological polar surface area (TPSA) is 15.3 Å². The summed E-state index contributed by atoms with van der Waals surface area (Å²) >= 11 is 0. The van der Waals surface area contributed by atoms with Gasteiger partial charge in [0.25, 0.3) is 0 Å². The molecule has 2 heteroatoms. The Bertz CT molecular complexity index is 153. The molecular weight excluding hydrogens is 196 g/mol. The van der Waals surface area contributed by atoms with E-state index in [1.165, 1.54) is 19.4 Å². The highest BCUT2D eigenvalue weighted by Crippen LogP contribution is 2.04. The lowest BCUT2D eigenvalue weighted by Gasteiger charge is -2.30. The van der Waals surface area contributed by atoms with Gasteiger partial charge < -0.3 is 5.32 Å². The molecule has 0 saturated carbocycles. The maximum Gasteiger partial charge on any atom is 0.0192 e. The largest absolute Gasteiger partial charge is 0.312 e. The van der Waals surface area contributed by atoms with Crippen molar-refractivity contribution in [1.82, 2.24) is 10.2 Å². The lowest BCUT2D eigenvalue weighted by atomic mass is 10.1. The molecule has 2 nitrogen and oxygen atoms in total. The van der Waals surface area contributed by atoms with Gasteiger partial charge in [0.1, 0.15) is 0 Å². The van der Waals surface area contributed by atoms with Crippen LogP contribution in [0.5, 0.6) is 0 Å². The summed E-state index contributed by atoms with van der Waals surface area (Å²) in [6, 6.07) is 1.34. The van der Waals surface area contributed by atoms with Gasteiger partial charge in [-0.05, 0) is 32.2 Å². The van der Waals surface area contributed by atoms with Gasteiger partial charge in [-0.25, -0.2) is 0 Å². The van der Waals surface area contributed by atoms with E-state index in [1.54, 1.807) is 0 Å². The molecule has 0 aromatic carbocycles. The van der Waals surface area contributed by atoms with Crippen molar-refractivity contribution in [2.75, 3.05) is 19.6 Å². The Labute approximate surface area is 103 Å². The molecule has 0 amide bonds. The first kappa shape index (κ1) is 15.9. The third kappa shape index (κ3) is 6.49. The van der Waals surface area contributed by atoms with Crippen molar-refractivity contribution in [3.63, 3.8) is 0 Å². The van der Waals surface area contributed by atoms with Crippen molar-refractivity contribution in [2.45, 2.75) is 66.5 Å². The van der Waals surface area contributed by atoms with Crippen LogP contribution in [0.25, 0.3) is 0 Å². The van der Waals surface area contributed by atoms with E-state index >= 15 is 0 Å². The van der Waals surface area contributed by atoms with Crippen LogP contribution in [0, 0.1) is 5.92 Å². The highest BCUT2D eigenvalue weighted by Gasteiger charge is 2.14. The molecule has 1 atom stereocenters. The summed E-state index contributed by atoms with van der Waals surface area (Å²) in [7, 11) is 0. The molecule has 0 heterocycles. The normalized spacial score (nSPS) is 14.1. The van der Waals surface area contributed by atoms with Crippen molar-refractivity contribution >= 4 is 0 Å². The molecule has 0 rings (SSSR count). The lowest BCUT2D eigenvalue weighted by Crippen LogP contribution is -2.44. The van der Waals surface area contributed by atoms with Crippen molar-refractivity contribution in [3.8, 4) is 0 Å². The summed E-state index contributed by atoms with van der Waals surface area (Å²) in [4.78, 5) is 2.57. The number of nitrogens with one attached hydrogen (secondary N) is 1. The van der Waals surface area contributed by atoms with E-state index in [-0.39, 0.29) is 0 Å². The van der Waals surface area contributed by atoms with Gasteiger partial charge in [0.15, 0.2) is 0 Å². The number of hydrogen-bond donors (Lipinski definition) is 1. The number of hydrogen-bond acceptors (Lipinski definition) is 2. The Morgan fingerprint density at radius 2 is 1.56 bits per heavy atom. The fraction of sp³-hybridized carbons (Fsp3) is 1.00. The summed E-state index contributed by atoms with van der Waals surface area (Å²) in [6.07, 6.45) is 2.47. The highest BCUT2D eigenvalue weighted by molar-refractivity contribution is 4.72. The van der Waals surface area contributed by atoms with Gasteiger partial charge in [0.05, 0.1) is 0 Å². The van der Waals surface area contributed by atoms with Crippen molar-refractivity contribution in [3.05, 3.63) is 0 Å². The fourth-order valence-corrected chi connectivity index (χ4v) is 2.13. The first-order valence-electron chi connectivity index (χ1n) is 7.02. The zero-order valence-electron chi connectivity index (χ0n) is 12.2. The maximum atomic E-state index is 3.67. The Balaban J connectivity index is 3.95. The van der Waals surface area contributed by atoms with Gasteiger partial charge >= 0.3 is 0 Å². The van der Waals surface area contributed by atoms with E-state index < -0.39 is 0 Å². The third-order valence-corrected chi connectivity index (χ3v) is 3.32. The average Bonchev–Trinajstić information content (AvgIpc) is 2.26. The second-order valence-corrected chi connectivity index (χ2v) is 5.25. The maximum absolute atomic E-state index is 3.67. The first-order chi connectivity index (χ1) is 7.54. The van der Waals surface area contributed by atoms with E-state index in [2.05, 4.69) is 51.8 Å². The molecule has 1 N–H and O–H groups in total. The zero-order chi connectivity index (χ0) is 12.6. The molecule has 0 saturated heterocycles. The van der Waals surface area contributed by atoms with Gasteiger partial charge in [0.2, 0.25) is 0 Å². The first-order valence-corrected chi connectivity index (χ1v) is 7.02. The minimum atomic E-state index is 0.646. The minimum Gasteiger partial charge on any atom is -0.312 e. The predicted molar refractivity (Wildman–Crippen MR) is 73.9 cm³/mol. The molecule has 0 aliphatic carbocycles. The van der Waals surface area contributed by atoms with E-state index in [0.717, 1.165) is 19.0 Å². The molecule has 0 bridgehead atoms. The average molecular weight is 228 g/mol. The van der Waals surface area contributed by atoms with E-state index in [1.807, 2.05) is 0 Å². The molecule has 98 valence electrons. The number of rotatable bonds is 9. The summed E-state index contributed by atoms with van der Waals surface area (Å²) in [6.45, 7) is 17.2. The second kappa shape index (κ2) is 9.00. The van der Waals surface area contributed by atoms with Crippen LogP contribution in [-0.4, -0.2) is 36.6 Å². The van der Waals surface area contributed by atoms with Gasteiger partial charge in [-0.2, -0.15) is 0 Å². The second-order valence-electron chi connectivity index (χ2n) is 5.25. The molecule has 0 aromatic heterocycles. The molecule has 0 aliphatic heterocycles. The van der Waals surface area contributed by atoms with Crippen molar-refractivity contribution in [1.29, 1.82) is 0 Å². The molecule has 1 unspecified atom stereocenters. The smallest absolute Gasteiger partial charge is 0.0192 e. The predicted octanol–water partition coefficient (Wildman–Crippen LogP) is 3.13.